The average molecular weight is 1130 g/mol. The molecule has 0 spiro atoms. The SMILES string of the molecule is C=C1C=CC2=C(CCCC2)N1.C=C1C=CC2=C(CCCC2)N1C.C=C1C=Cc2ccccc2N1.C=C1C=Cc2ccccc2N1C.c1ccc2c(c1)CCCC2.c1ccc2ccccc2c1.c1ccc2ncccc2c1.c1cnc2c(c1)CCCC2. The van der Waals surface area contributed by atoms with Crippen molar-refractivity contribution in [2.45, 2.75) is 103 Å². The number of fused-ring (bicyclic) bond motifs is 6. The van der Waals surface area contributed by atoms with Gasteiger partial charge in [-0.1, -0.05) is 190 Å². The monoisotopic (exact) mass is 1130 g/mol. The van der Waals surface area contributed by atoms with Gasteiger partial charge in [0.25, 0.3) is 0 Å². The number of benzene rings is 6. The maximum absolute atomic E-state index is 4.32. The molecule has 0 amide bonds. The number of para-hydroxylation sites is 3. The lowest BCUT2D eigenvalue weighted by Gasteiger charge is -2.31. The standard InChI is InChI=1S/C11H15N.C11H11N.C10H13N.C10H9N.C10H12.C10H8.C9H11N.C9H7N/c2*1-9-7-8-10-5-3-4-6-11(10)12(9)2;2*1-8-6-7-9-4-2-3-5-10(9)11-8;2*1-2-6-10-8-4-3-7-9(10)5-1;2*1-2-6-9-8(4-1)5-3-7-10-9/h7-8H,1,3-6H2,2H3;3-8H,1H2,2H3;6-7,11H,1-5H2;2-7,11H,1H2;1-2,5-6H,3-4,7-8H2;1-8H;3,5,7H,1-2,4,6H2;1-7H. The molecule has 6 nitrogen and oxygen atoms in total. The lowest BCUT2D eigenvalue weighted by molar-refractivity contribution is 0.465. The molecular formula is C80H86N6. The summed E-state index contributed by atoms with van der Waals surface area (Å²) in [5, 5.41) is 10.3. The minimum Gasteiger partial charge on any atom is -0.359 e. The van der Waals surface area contributed by atoms with Crippen molar-refractivity contribution in [2.24, 2.45) is 0 Å². The molecular weight excluding hydrogens is 1040 g/mol. The predicted octanol–water partition coefficient (Wildman–Crippen LogP) is 20.2. The van der Waals surface area contributed by atoms with Crippen LogP contribution in [0.3, 0.4) is 0 Å². The molecule has 0 saturated heterocycles. The molecule has 6 aromatic carbocycles. The summed E-state index contributed by atoms with van der Waals surface area (Å²) in [6.45, 7) is 15.6. The lowest BCUT2D eigenvalue weighted by atomic mass is 9.92. The average Bonchev–Trinajstić information content (AvgIpc) is 3.72. The number of likely N-dealkylation sites (N-methyl/N-ethyl adjacent to an activating group) is 2. The number of aryl methyl sites for hydroxylation is 4. The quantitative estimate of drug-likeness (QED) is 0.158. The molecule has 0 unspecified atom stereocenters. The first-order valence-corrected chi connectivity index (χ1v) is 31.0. The Balaban J connectivity index is 0.000000118. The van der Waals surface area contributed by atoms with Crippen LogP contribution in [0.1, 0.15) is 111 Å². The molecule has 436 valence electrons. The summed E-state index contributed by atoms with van der Waals surface area (Å²) in [6, 6.07) is 58.3. The number of nitrogens with zero attached hydrogens (tertiary/aromatic N) is 4. The van der Waals surface area contributed by atoms with E-state index in [1.807, 2.05) is 92.3 Å². The van der Waals surface area contributed by atoms with Crippen LogP contribution >= 0.6 is 0 Å². The Bertz CT molecular complexity index is 3500. The van der Waals surface area contributed by atoms with E-state index in [9.17, 15) is 0 Å². The molecule has 4 aliphatic heterocycles. The number of anilines is 2. The van der Waals surface area contributed by atoms with E-state index in [-0.39, 0.29) is 0 Å². The minimum atomic E-state index is 0.948. The van der Waals surface area contributed by atoms with Gasteiger partial charge in [0.1, 0.15) is 0 Å². The zero-order chi connectivity index (χ0) is 59.7. The summed E-state index contributed by atoms with van der Waals surface area (Å²) in [7, 11) is 4.15. The maximum atomic E-state index is 4.32. The fraction of sp³-hybridized carbons (Fsp3) is 0.225. The molecule has 0 fully saturated rings. The van der Waals surface area contributed by atoms with Crippen LogP contribution in [0.4, 0.5) is 11.4 Å². The molecule has 8 aliphatic rings. The summed E-state index contributed by atoms with van der Waals surface area (Å²) in [5.41, 5.74) is 21.9. The maximum Gasteiger partial charge on any atom is 0.0701 e. The van der Waals surface area contributed by atoms with Gasteiger partial charge >= 0.3 is 0 Å². The molecule has 6 heterocycles. The highest BCUT2D eigenvalue weighted by Crippen LogP contribution is 2.33. The molecule has 6 heteroatoms. The van der Waals surface area contributed by atoms with Crippen molar-refractivity contribution in [3.8, 4) is 0 Å². The summed E-state index contributed by atoms with van der Waals surface area (Å²) in [6.07, 6.45) is 41.2. The van der Waals surface area contributed by atoms with Gasteiger partial charge in [-0.25, -0.2) is 0 Å². The van der Waals surface area contributed by atoms with Crippen molar-refractivity contribution in [2.75, 3.05) is 24.3 Å². The number of aromatic nitrogens is 2. The van der Waals surface area contributed by atoms with Crippen LogP contribution in [0.5, 0.6) is 0 Å². The van der Waals surface area contributed by atoms with Gasteiger partial charge in [-0.3, -0.25) is 9.97 Å². The van der Waals surface area contributed by atoms with Crippen LogP contribution in [0.2, 0.25) is 0 Å². The van der Waals surface area contributed by atoms with Gasteiger partial charge in [-0.05, 0) is 207 Å². The van der Waals surface area contributed by atoms with Crippen molar-refractivity contribution in [3.05, 3.63) is 324 Å². The molecule has 0 bridgehead atoms. The van der Waals surface area contributed by atoms with Gasteiger partial charge in [0.2, 0.25) is 0 Å². The molecule has 2 aromatic heterocycles. The number of allylic oxidation sites excluding steroid dienone is 10. The third-order valence-electron chi connectivity index (χ3n) is 16.5. The van der Waals surface area contributed by atoms with E-state index in [2.05, 4.69) is 209 Å². The fourth-order valence-electron chi connectivity index (χ4n) is 11.6. The van der Waals surface area contributed by atoms with Gasteiger partial charge in [0.15, 0.2) is 0 Å². The van der Waals surface area contributed by atoms with E-state index >= 15 is 0 Å². The van der Waals surface area contributed by atoms with Crippen LogP contribution in [-0.2, 0) is 25.7 Å². The number of rotatable bonds is 0. The third-order valence-corrected chi connectivity index (χ3v) is 16.5. The second-order valence-electron chi connectivity index (χ2n) is 22.6. The summed E-state index contributed by atoms with van der Waals surface area (Å²) in [5.74, 6) is 0. The Hall–Kier alpha value is -9.26. The zero-order valence-corrected chi connectivity index (χ0v) is 50.9. The van der Waals surface area contributed by atoms with Gasteiger partial charge in [-0.2, -0.15) is 0 Å². The van der Waals surface area contributed by atoms with Crippen LogP contribution < -0.4 is 15.5 Å². The van der Waals surface area contributed by atoms with Crippen molar-refractivity contribution in [1.29, 1.82) is 0 Å². The highest BCUT2D eigenvalue weighted by Gasteiger charge is 2.19. The number of dihydropyridines is 1. The molecule has 0 saturated carbocycles. The summed E-state index contributed by atoms with van der Waals surface area (Å²) in [4.78, 5) is 12.8. The van der Waals surface area contributed by atoms with Gasteiger partial charge in [0, 0.05) is 83.1 Å². The number of hydrogen-bond acceptors (Lipinski definition) is 6. The van der Waals surface area contributed by atoms with E-state index in [1.54, 1.807) is 11.1 Å². The van der Waals surface area contributed by atoms with Crippen LogP contribution in [-0.4, -0.2) is 29.0 Å². The minimum absolute atomic E-state index is 0.948. The molecule has 16 rings (SSSR count). The number of nitrogens with one attached hydrogen (secondary N) is 2. The molecule has 0 atom stereocenters. The fourth-order valence-corrected chi connectivity index (χ4v) is 11.6. The topological polar surface area (TPSA) is 56.3 Å². The van der Waals surface area contributed by atoms with Crippen molar-refractivity contribution in [1.82, 2.24) is 20.2 Å². The largest absolute Gasteiger partial charge is 0.359 e. The smallest absolute Gasteiger partial charge is 0.0701 e. The molecule has 4 aliphatic carbocycles. The summed E-state index contributed by atoms with van der Waals surface area (Å²) >= 11 is 0. The second-order valence-corrected chi connectivity index (χ2v) is 22.6. The van der Waals surface area contributed by atoms with E-state index in [4.69, 9.17) is 0 Å². The number of hydrogen-bond donors (Lipinski definition) is 2. The Morgan fingerprint density at radius 3 is 1.56 bits per heavy atom. The Labute approximate surface area is 513 Å². The first-order valence-electron chi connectivity index (χ1n) is 31.0. The normalized spacial score (nSPS) is 16.2. The van der Waals surface area contributed by atoms with E-state index in [0.29, 0.717) is 0 Å². The molecule has 86 heavy (non-hydrogen) atoms. The Kier molecular flexibility index (Phi) is 22.9. The predicted molar refractivity (Wildman–Crippen MR) is 369 cm³/mol. The van der Waals surface area contributed by atoms with Crippen molar-refractivity contribution < 1.29 is 0 Å². The second kappa shape index (κ2) is 32.1. The lowest BCUT2D eigenvalue weighted by Crippen LogP contribution is -2.21. The first kappa shape index (κ1) is 61.3. The molecule has 8 aromatic rings. The Morgan fingerprint density at radius 2 is 0.837 bits per heavy atom. The highest BCUT2D eigenvalue weighted by atomic mass is 15.1. The van der Waals surface area contributed by atoms with Gasteiger partial charge < -0.3 is 20.4 Å². The van der Waals surface area contributed by atoms with Crippen LogP contribution in [0.25, 0.3) is 33.8 Å². The van der Waals surface area contributed by atoms with Crippen molar-refractivity contribution >= 4 is 45.2 Å². The molecule has 0 radical (unpaired) electrons. The van der Waals surface area contributed by atoms with Gasteiger partial charge in [-0.15, -0.1) is 0 Å². The summed E-state index contributed by atoms with van der Waals surface area (Å²) < 4.78 is 0. The van der Waals surface area contributed by atoms with E-state index in [1.165, 1.54) is 170 Å². The van der Waals surface area contributed by atoms with Crippen LogP contribution in [0.15, 0.2) is 290 Å². The third kappa shape index (κ3) is 17.9. The highest BCUT2D eigenvalue weighted by molar-refractivity contribution is 5.82. The van der Waals surface area contributed by atoms with Crippen LogP contribution in [0, 0.1) is 0 Å². The van der Waals surface area contributed by atoms with Crippen molar-refractivity contribution in [3.63, 3.8) is 0 Å². The van der Waals surface area contributed by atoms with E-state index in [0.717, 1.165) is 34.0 Å². The number of pyridine rings is 2. The van der Waals surface area contributed by atoms with E-state index < -0.39 is 0 Å². The Morgan fingerprint density at radius 1 is 0.360 bits per heavy atom. The zero-order valence-electron chi connectivity index (χ0n) is 50.9. The first-order chi connectivity index (χ1) is 42.2. The molecule has 2 N–H and O–H groups in total. The van der Waals surface area contributed by atoms with Gasteiger partial charge in [0.05, 0.1) is 5.52 Å².